The van der Waals surface area contributed by atoms with Gasteiger partial charge in [-0.2, -0.15) is 0 Å². The Morgan fingerprint density at radius 2 is 1.94 bits per heavy atom. The quantitative estimate of drug-likeness (QED) is 0.501. The highest BCUT2D eigenvalue weighted by atomic mass is 16.5. The molecule has 1 aliphatic carbocycles. The summed E-state index contributed by atoms with van der Waals surface area (Å²) in [5, 5.41) is 0. The lowest BCUT2D eigenvalue weighted by Gasteiger charge is -2.27. The summed E-state index contributed by atoms with van der Waals surface area (Å²) in [5.41, 5.74) is 0. The normalized spacial score (nSPS) is 24.9. The third-order valence-corrected chi connectivity index (χ3v) is 3.18. The molecule has 1 aliphatic rings. The number of hydrogen-bond donors (Lipinski definition) is 0. The summed E-state index contributed by atoms with van der Waals surface area (Å²) in [7, 11) is 0. The van der Waals surface area contributed by atoms with E-state index in [1.165, 1.54) is 38.5 Å². The van der Waals surface area contributed by atoms with Crippen LogP contribution in [-0.4, -0.2) is 12.7 Å². The Hall–Kier alpha value is -0.480. The summed E-state index contributed by atoms with van der Waals surface area (Å²) in [4.78, 5) is 0. The van der Waals surface area contributed by atoms with Gasteiger partial charge in [0.2, 0.25) is 0 Å². The highest BCUT2D eigenvalue weighted by Crippen LogP contribution is 2.26. The molecule has 0 amide bonds. The van der Waals surface area contributed by atoms with Crippen LogP contribution in [0.5, 0.6) is 0 Å². The number of rotatable bonds is 5. The first kappa shape index (κ1) is 13.6. The predicted octanol–water partition coefficient (Wildman–Crippen LogP) is 4.17. The Bertz CT molecular complexity index is 223. The predicted molar refractivity (Wildman–Crippen MR) is 69.3 cm³/mol. The molecule has 0 aromatic heterocycles. The Morgan fingerprint density at radius 1 is 1.12 bits per heavy atom. The van der Waals surface area contributed by atoms with Crippen molar-refractivity contribution in [1.29, 1.82) is 0 Å². The largest absolute Gasteiger partial charge is 0.377 e. The minimum Gasteiger partial charge on any atom is -0.377 e. The van der Waals surface area contributed by atoms with Gasteiger partial charge in [-0.25, -0.2) is 0 Å². The van der Waals surface area contributed by atoms with Gasteiger partial charge in [0, 0.05) is 18.9 Å². The minimum atomic E-state index is 0.419. The van der Waals surface area contributed by atoms with Crippen LogP contribution in [0.3, 0.4) is 0 Å². The molecular formula is C15H26O. The average molecular weight is 222 g/mol. The van der Waals surface area contributed by atoms with Crippen molar-refractivity contribution in [3.05, 3.63) is 0 Å². The molecule has 0 aliphatic heterocycles. The molecule has 0 aromatic rings. The fourth-order valence-electron chi connectivity index (χ4n) is 2.20. The van der Waals surface area contributed by atoms with Crippen LogP contribution < -0.4 is 0 Å². The molecule has 1 nitrogen and oxygen atoms in total. The van der Waals surface area contributed by atoms with Crippen molar-refractivity contribution in [1.82, 2.24) is 0 Å². The molecule has 0 spiro atoms. The summed E-state index contributed by atoms with van der Waals surface area (Å²) in [5.74, 6) is 7.28. The molecule has 1 saturated carbocycles. The van der Waals surface area contributed by atoms with Crippen LogP contribution in [0.25, 0.3) is 0 Å². The number of ether oxygens (including phenoxy) is 1. The molecule has 0 saturated heterocycles. The van der Waals surface area contributed by atoms with E-state index in [2.05, 4.69) is 25.7 Å². The van der Waals surface area contributed by atoms with E-state index in [-0.39, 0.29) is 0 Å². The minimum absolute atomic E-state index is 0.419. The zero-order valence-corrected chi connectivity index (χ0v) is 10.9. The molecule has 0 bridgehead atoms. The third-order valence-electron chi connectivity index (χ3n) is 3.18. The summed E-state index contributed by atoms with van der Waals surface area (Å²) >= 11 is 0. The molecule has 0 unspecified atom stereocenters. The zero-order valence-electron chi connectivity index (χ0n) is 10.9. The summed E-state index contributed by atoms with van der Waals surface area (Å²) in [6.45, 7) is 5.29. The lowest BCUT2D eigenvalue weighted by molar-refractivity contribution is 0.00694. The highest BCUT2D eigenvalue weighted by Gasteiger charge is 2.23. The average Bonchev–Trinajstić information content (AvgIpc) is 2.33. The molecule has 1 heteroatoms. The SMILES string of the molecule is CCCCC#C[C@H]1CCCC[C@@H]1OCCC. The van der Waals surface area contributed by atoms with E-state index in [0.717, 1.165) is 19.4 Å². The molecular weight excluding hydrogens is 196 g/mol. The van der Waals surface area contributed by atoms with Crippen LogP contribution in [0.4, 0.5) is 0 Å². The van der Waals surface area contributed by atoms with E-state index in [9.17, 15) is 0 Å². The second-order valence-electron chi connectivity index (χ2n) is 4.72. The van der Waals surface area contributed by atoms with Gasteiger partial charge < -0.3 is 4.74 Å². The van der Waals surface area contributed by atoms with Gasteiger partial charge in [0.25, 0.3) is 0 Å². The van der Waals surface area contributed by atoms with Gasteiger partial charge in [0.1, 0.15) is 0 Å². The van der Waals surface area contributed by atoms with Crippen LogP contribution in [0.1, 0.15) is 65.2 Å². The van der Waals surface area contributed by atoms with Crippen molar-refractivity contribution < 1.29 is 4.74 Å². The Kier molecular flexibility index (Phi) is 7.34. The van der Waals surface area contributed by atoms with E-state index in [1.54, 1.807) is 0 Å². The van der Waals surface area contributed by atoms with Crippen molar-refractivity contribution in [2.45, 2.75) is 71.3 Å². The smallest absolute Gasteiger partial charge is 0.0712 e. The molecule has 0 aromatic carbocycles. The van der Waals surface area contributed by atoms with E-state index in [1.807, 2.05) is 0 Å². The van der Waals surface area contributed by atoms with E-state index >= 15 is 0 Å². The fraction of sp³-hybridized carbons (Fsp3) is 0.867. The molecule has 1 fully saturated rings. The monoisotopic (exact) mass is 222 g/mol. The van der Waals surface area contributed by atoms with Crippen LogP contribution in [0, 0.1) is 17.8 Å². The molecule has 2 atom stereocenters. The van der Waals surface area contributed by atoms with Crippen molar-refractivity contribution in [3.63, 3.8) is 0 Å². The number of hydrogen-bond acceptors (Lipinski definition) is 1. The van der Waals surface area contributed by atoms with E-state index in [0.29, 0.717) is 12.0 Å². The maximum atomic E-state index is 5.90. The van der Waals surface area contributed by atoms with Gasteiger partial charge in [-0.1, -0.05) is 39.0 Å². The maximum Gasteiger partial charge on any atom is 0.0712 e. The maximum absolute atomic E-state index is 5.90. The topological polar surface area (TPSA) is 9.23 Å². The van der Waals surface area contributed by atoms with Gasteiger partial charge in [-0.05, 0) is 25.7 Å². The lowest BCUT2D eigenvalue weighted by Crippen LogP contribution is -2.27. The van der Waals surface area contributed by atoms with Gasteiger partial charge in [0.05, 0.1) is 6.10 Å². The zero-order chi connectivity index (χ0) is 11.6. The van der Waals surface area contributed by atoms with Crippen molar-refractivity contribution in [2.75, 3.05) is 6.61 Å². The molecule has 0 N–H and O–H groups in total. The molecule has 92 valence electrons. The van der Waals surface area contributed by atoms with E-state index < -0.39 is 0 Å². The summed E-state index contributed by atoms with van der Waals surface area (Å²) in [6.07, 6.45) is 10.2. The van der Waals surface area contributed by atoms with E-state index in [4.69, 9.17) is 4.74 Å². The second kappa shape index (κ2) is 8.65. The first-order chi connectivity index (χ1) is 7.88. The van der Waals surface area contributed by atoms with Crippen molar-refractivity contribution in [2.24, 2.45) is 5.92 Å². The van der Waals surface area contributed by atoms with Crippen molar-refractivity contribution in [3.8, 4) is 11.8 Å². The third kappa shape index (κ3) is 5.03. The fourth-order valence-corrected chi connectivity index (χ4v) is 2.20. The highest BCUT2D eigenvalue weighted by molar-refractivity contribution is 5.07. The Balaban J connectivity index is 2.35. The van der Waals surface area contributed by atoms with Gasteiger partial charge >= 0.3 is 0 Å². The first-order valence-electron chi connectivity index (χ1n) is 6.98. The summed E-state index contributed by atoms with van der Waals surface area (Å²) in [6, 6.07) is 0. The molecule has 16 heavy (non-hydrogen) atoms. The first-order valence-corrected chi connectivity index (χ1v) is 6.98. The lowest BCUT2D eigenvalue weighted by atomic mass is 9.86. The molecule has 0 radical (unpaired) electrons. The molecule has 1 rings (SSSR count). The summed E-state index contributed by atoms with van der Waals surface area (Å²) < 4.78 is 5.90. The van der Waals surface area contributed by atoms with Crippen LogP contribution in [0.2, 0.25) is 0 Å². The van der Waals surface area contributed by atoms with Gasteiger partial charge in [-0.15, -0.1) is 5.92 Å². The van der Waals surface area contributed by atoms with Crippen LogP contribution in [0.15, 0.2) is 0 Å². The van der Waals surface area contributed by atoms with Crippen molar-refractivity contribution >= 4 is 0 Å². The Labute approximate surface area is 101 Å². The number of unbranched alkanes of at least 4 members (excludes halogenated alkanes) is 2. The van der Waals surface area contributed by atoms with Crippen LogP contribution >= 0.6 is 0 Å². The molecule has 0 heterocycles. The van der Waals surface area contributed by atoms with Gasteiger partial charge in [-0.3, -0.25) is 0 Å². The Morgan fingerprint density at radius 3 is 2.69 bits per heavy atom. The standard InChI is InChI=1S/C15H26O/c1-3-5-6-7-10-14-11-8-9-12-15(14)16-13-4-2/h14-15H,3-6,8-9,11-13H2,1-2H3/t14-,15-/m0/s1. The second-order valence-corrected chi connectivity index (χ2v) is 4.72. The van der Waals surface area contributed by atoms with Gasteiger partial charge in [0.15, 0.2) is 0 Å². The van der Waals surface area contributed by atoms with Crippen LogP contribution in [-0.2, 0) is 4.74 Å².